The standard InChI is InChI=1S/C11H16N2O2S2/c1-2-9(8-11(12)16)13-17(14,15)10-6-4-3-5-7-10/h3-7,9,13H,2,8H2,1H3,(H2,12,16). The van der Waals surface area contributed by atoms with Gasteiger partial charge in [-0.05, 0) is 18.6 Å². The number of hydrogen-bond acceptors (Lipinski definition) is 3. The molecule has 6 heteroatoms. The third kappa shape index (κ3) is 4.41. The van der Waals surface area contributed by atoms with Crippen LogP contribution in [0.5, 0.6) is 0 Å². The van der Waals surface area contributed by atoms with E-state index in [1.807, 2.05) is 6.92 Å². The predicted molar refractivity (Wildman–Crippen MR) is 72.2 cm³/mol. The van der Waals surface area contributed by atoms with Gasteiger partial charge in [0.15, 0.2) is 0 Å². The number of thiocarbonyl (C=S) groups is 1. The zero-order valence-electron chi connectivity index (χ0n) is 9.59. The number of nitrogens with two attached hydrogens (primary N) is 1. The van der Waals surface area contributed by atoms with Crippen LogP contribution in [0.1, 0.15) is 19.8 Å². The first-order valence-electron chi connectivity index (χ1n) is 5.31. The molecule has 1 aromatic carbocycles. The van der Waals surface area contributed by atoms with Crippen LogP contribution in [0.15, 0.2) is 35.2 Å². The van der Waals surface area contributed by atoms with E-state index in [9.17, 15) is 8.42 Å². The van der Waals surface area contributed by atoms with Crippen LogP contribution >= 0.6 is 12.2 Å². The summed E-state index contributed by atoms with van der Waals surface area (Å²) >= 11 is 4.79. The van der Waals surface area contributed by atoms with Crippen LogP contribution in [0.2, 0.25) is 0 Å². The minimum Gasteiger partial charge on any atom is -0.393 e. The maximum Gasteiger partial charge on any atom is 0.240 e. The Bertz CT molecular complexity index is 472. The molecule has 1 unspecified atom stereocenters. The SMILES string of the molecule is CCC(CC(N)=S)NS(=O)(=O)c1ccccc1. The molecule has 3 N–H and O–H groups in total. The van der Waals surface area contributed by atoms with Gasteiger partial charge in [-0.25, -0.2) is 13.1 Å². The van der Waals surface area contributed by atoms with E-state index in [4.69, 9.17) is 18.0 Å². The van der Waals surface area contributed by atoms with Gasteiger partial charge in [0.2, 0.25) is 10.0 Å². The van der Waals surface area contributed by atoms with Gasteiger partial charge in [-0.3, -0.25) is 0 Å². The molecule has 0 fully saturated rings. The molecule has 1 atom stereocenters. The summed E-state index contributed by atoms with van der Waals surface area (Å²) in [6.07, 6.45) is 1.02. The second-order valence-electron chi connectivity index (χ2n) is 3.71. The molecule has 0 aromatic heterocycles. The smallest absolute Gasteiger partial charge is 0.240 e. The van der Waals surface area contributed by atoms with E-state index in [0.717, 1.165) is 0 Å². The van der Waals surface area contributed by atoms with Gasteiger partial charge in [-0.15, -0.1) is 0 Å². The van der Waals surface area contributed by atoms with Gasteiger partial charge in [-0.2, -0.15) is 0 Å². The first-order chi connectivity index (χ1) is 7.95. The van der Waals surface area contributed by atoms with Gasteiger partial charge in [0.1, 0.15) is 0 Å². The Balaban J connectivity index is 2.82. The van der Waals surface area contributed by atoms with E-state index in [-0.39, 0.29) is 10.9 Å². The summed E-state index contributed by atoms with van der Waals surface area (Å²) in [6.45, 7) is 1.89. The second-order valence-corrected chi connectivity index (χ2v) is 5.95. The van der Waals surface area contributed by atoms with Crippen LogP contribution in [-0.4, -0.2) is 19.4 Å². The minimum atomic E-state index is -3.48. The Labute approximate surface area is 107 Å². The molecular formula is C11H16N2O2S2. The lowest BCUT2D eigenvalue weighted by Crippen LogP contribution is -2.36. The van der Waals surface area contributed by atoms with Crippen molar-refractivity contribution in [3.05, 3.63) is 30.3 Å². The van der Waals surface area contributed by atoms with Crippen molar-refractivity contribution in [2.24, 2.45) is 5.73 Å². The van der Waals surface area contributed by atoms with E-state index in [0.29, 0.717) is 17.8 Å². The van der Waals surface area contributed by atoms with Gasteiger partial charge in [0, 0.05) is 12.5 Å². The maximum absolute atomic E-state index is 12.0. The Morgan fingerprint density at radius 3 is 2.47 bits per heavy atom. The highest BCUT2D eigenvalue weighted by atomic mass is 32.2. The van der Waals surface area contributed by atoms with Crippen LogP contribution in [0.25, 0.3) is 0 Å². The van der Waals surface area contributed by atoms with Gasteiger partial charge >= 0.3 is 0 Å². The molecular weight excluding hydrogens is 256 g/mol. The van der Waals surface area contributed by atoms with E-state index in [2.05, 4.69) is 4.72 Å². The molecule has 1 rings (SSSR count). The van der Waals surface area contributed by atoms with Crippen molar-refractivity contribution in [3.8, 4) is 0 Å². The fourth-order valence-corrected chi connectivity index (χ4v) is 2.94. The Morgan fingerprint density at radius 2 is 2.00 bits per heavy atom. The fourth-order valence-electron chi connectivity index (χ4n) is 1.40. The van der Waals surface area contributed by atoms with Crippen LogP contribution in [0, 0.1) is 0 Å². The predicted octanol–water partition coefficient (Wildman–Crippen LogP) is 1.42. The maximum atomic E-state index is 12.0. The van der Waals surface area contributed by atoms with Crippen LogP contribution in [0.3, 0.4) is 0 Å². The topological polar surface area (TPSA) is 72.2 Å². The van der Waals surface area contributed by atoms with Crippen molar-refractivity contribution in [2.45, 2.75) is 30.7 Å². The summed E-state index contributed by atoms with van der Waals surface area (Å²) in [5.74, 6) is 0. The van der Waals surface area contributed by atoms with Gasteiger partial charge in [0.25, 0.3) is 0 Å². The fraction of sp³-hybridized carbons (Fsp3) is 0.364. The first-order valence-corrected chi connectivity index (χ1v) is 7.20. The Hall–Kier alpha value is -0.980. The van der Waals surface area contributed by atoms with E-state index in [1.54, 1.807) is 30.3 Å². The Morgan fingerprint density at radius 1 is 1.41 bits per heavy atom. The summed E-state index contributed by atoms with van der Waals surface area (Å²) in [5, 5.41) is 0. The van der Waals surface area contributed by atoms with Gasteiger partial charge in [0.05, 0.1) is 9.88 Å². The molecule has 1 aromatic rings. The molecule has 0 aliphatic carbocycles. The number of sulfonamides is 1. The molecule has 94 valence electrons. The molecule has 0 spiro atoms. The van der Waals surface area contributed by atoms with Crippen molar-refractivity contribution >= 4 is 27.2 Å². The van der Waals surface area contributed by atoms with Crippen LogP contribution in [-0.2, 0) is 10.0 Å². The number of hydrogen-bond donors (Lipinski definition) is 2. The Kier molecular flexibility index (Phi) is 5.04. The number of benzene rings is 1. The van der Waals surface area contributed by atoms with E-state index in [1.165, 1.54) is 0 Å². The number of nitrogens with one attached hydrogen (secondary N) is 1. The summed E-state index contributed by atoms with van der Waals surface area (Å²) < 4.78 is 26.6. The third-order valence-corrected chi connectivity index (χ3v) is 4.02. The molecule has 0 bridgehead atoms. The summed E-state index contributed by atoms with van der Waals surface area (Å²) in [6, 6.07) is 7.99. The average molecular weight is 272 g/mol. The van der Waals surface area contributed by atoms with E-state index >= 15 is 0 Å². The van der Waals surface area contributed by atoms with Crippen molar-refractivity contribution in [3.63, 3.8) is 0 Å². The van der Waals surface area contributed by atoms with Crippen molar-refractivity contribution in [1.29, 1.82) is 0 Å². The molecule has 0 aliphatic rings. The lowest BCUT2D eigenvalue weighted by molar-refractivity contribution is 0.546. The second kappa shape index (κ2) is 6.09. The molecule has 0 saturated carbocycles. The summed E-state index contributed by atoms with van der Waals surface area (Å²) in [5.41, 5.74) is 5.42. The molecule has 0 radical (unpaired) electrons. The average Bonchev–Trinajstić information content (AvgIpc) is 2.28. The van der Waals surface area contributed by atoms with Crippen LogP contribution in [0.4, 0.5) is 0 Å². The number of rotatable bonds is 6. The highest BCUT2D eigenvalue weighted by Crippen LogP contribution is 2.10. The van der Waals surface area contributed by atoms with Crippen molar-refractivity contribution in [1.82, 2.24) is 4.72 Å². The monoisotopic (exact) mass is 272 g/mol. The third-order valence-electron chi connectivity index (χ3n) is 2.32. The molecule has 0 heterocycles. The van der Waals surface area contributed by atoms with Gasteiger partial charge in [-0.1, -0.05) is 37.3 Å². The first kappa shape index (κ1) is 14.1. The lowest BCUT2D eigenvalue weighted by Gasteiger charge is -2.16. The van der Waals surface area contributed by atoms with Crippen molar-refractivity contribution < 1.29 is 8.42 Å². The molecule has 0 amide bonds. The molecule has 0 aliphatic heterocycles. The minimum absolute atomic E-state index is 0.251. The molecule has 0 saturated heterocycles. The molecule has 17 heavy (non-hydrogen) atoms. The quantitative estimate of drug-likeness (QED) is 0.768. The van der Waals surface area contributed by atoms with E-state index < -0.39 is 10.0 Å². The zero-order valence-corrected chi connectivity index (χ0v) is 11.2. The summed E-state index contributed by atoms with van der Waals surface area (Å²) in [7, 11) is -3.48. The highest BCUT2D eigenvalue weighted by molar-refractivity contribution is 7.89. The van der Waals surface area contributed by atoms with Gasteiger partial charge < -0.3 is 5.73 Å². The highest BCUT2D eigenvalue weighted by Gasteiger charge is 2.18. The van der Waals surface area contributed by atoms with Crippen LogP contribution < -0.4 is 10.5 Å². The summed E-state index contributed by atoms with van der Waals surface area (Å²) in [4.78, 5) is 0.564. The normalized spacial score (nSPS) is 13.2. The zero-order chi connectivity index (χ0) is 12.9. The largest absolute Gasteiger partial charge is 0.393 e. The molecule has 4 nitrogen and oxygen atoms in total. The lowest BCUT2D eigenvalue weighted by atomic mass is 10.2. The van der Waals surface area contributed by atoms with Crippen molar-refractivity contribution in [2.75, 3.05) is 0 Å².